The minimum Gasteiger partial charge on any atom is -0.491 e. The van der Waals surface area contributed by atoms with Crippen LogP contribution in [0, 0.1) is 0 Å². The zero-order chi connectivity index (χ0) is 12.3. The molecular weight excluding hydrogens is 214 g/mol. The van der Waals surface area contributed by atoms with E-state index in [0.29, 0.717) is 0 Å². The molecule has 1 aromatic rings. The third-order valence-electron chi connectivity index (χ3n) is 3.28. The third-order valence-corrected chi connectivity index (χ3v) is 3.28. The maximum atomic E-state index is 9.00. The molecule has 0 amide bonds. The molecule has 17 heavy (non-hydrogen) atoms. The minimum atomic E-state index is 0.214. The number of aryl methyl sites for hydroxylation is 1. The first kappa shape index (κ1) is 12.0. The van der Waals surface area contributed by atoms with Gasteiger partial charge in [0.2, 0.25) is 0 Å². The van der Waals surface area contributed by atoms with Gasteiger partial charge in [0.05, 0.1) is 11.8 Å². The monoisotopic (exact) mass is 233 g/mol. The number of oxime groups is 1. The van der Waals surface area contributed by atoms with Crippen LogP contribution >= 0.6 is 0 Å². The number of nitrogens with zero attached hydrogens (tertiary/aromatic N) is 1. The molecule has 1 aliphatic carbocycles. The van der Waals surface area contributed by atoms with Crippen LogP contribution in [-0.2, 0) is 6.42 Å². The highest BCUT2D eigenvalue weighted by Gasteiger charge is 2.17. The van der Waals surface area contributed by atoms with Crippen molar-refractivity contribution in [1.29, 1.82) is 0 Å². The quantitative estimate of drug-likeness (QED) is 0.642. The van der Waals surface area contributed by atoms with Crippen LogP contribution in [0.4, 0.5) is 0 Å². The molecule has 0 saturated heterocycles. The lowest BCUT2D eigenvalue weighted by Crippen LogP contribution is -2.14. The summed E-state index contributed by atoms with van der Waals surface area (Å²) in [7, 11) is 0. The molecule has 0 spiro atoms. The van der Waals surface area contributed by atoms with Crippen LogP contribution in [-0.4, -0.2) is 17.0 Å². The summed E-state index contributed by atoms with van der Waals surface area (Å²) in [6.45, 7) is 4.16. The maximum Gasteiger partial charge on any atom is 0.120 e. The van der Waals surface area contributed by atoms with Gasteiger partial charge < -0.3 is 9.94 Å². The Morgan fingerprint density at radius 1 is 1.41 bits per heavy atom. The van der Waals surface area contributed by atoms with Crippen LogP contribution in [0.2, 0.25) is 0 Å². The van der Waals surface area contributed by atoms with Crippen molar-refractivity contribution in [2.75, 3.05) is 0 Å². The van der Waals surface area contributed by atoms with E-state index in [1.807, 2.05) is 12.1 Å². The van der Waals surface area contributed by atoms with Gasteiger partial charge in [0, 0.05) is 5.56 Å². The Balaban J connectivity index is 2.28. The average molecular weight is 233 g/mol. The smallest absolute Gasteiger partial charge is 0.120 e. The largest absolute Gasteiger partial charge is 0.491 e. The van der Waals surface area contributed by atoms with Crippen molar-refractivity contribution in [3.05, 3.63) is 29.3 Å². The lowest BCUT2D eigenvalue weighted by atomic mass is 9.90. The number of rotatable bonds is 3. The number of ether oxygens (including phenoxy) is 1. The first-order valence-corrected chi connectivity index (χ1v) is 6.25. The molecule has 1 N–H and O–H groups in total. The molecule has 0 heterocycles. The van der Waals surface area contributed by atoms with E-state index in [4.69, 9.17) is 9.94 Å². The molecule has 2 rings (SSSR count). The van der Waals surface area contributed by atoms with Crippen LogP contribution in [0.3, 0.4) is 0 Å². The summed E-state index contributed by atoms with van der Waals surface area (Å²) in [5.41, 5.74) is 3.07. The van der Waals surface area contributed by atoms with E-state index in [9.17, 15) is 0 Å². The Morgan fingerprint density at radius 2 is 2.24 bits per heavy atom. The normalized spacial score (nSPS) is 18.8. The summed E-state index contributed by atoms with van der Waals surface area (Å²) in [6.07, 6.45) is 4.15. The van der Waals surface area contributed by atoms with Gasteiger partial charge in [-0.15, -0.1) is 0 Å². The lowest BCUT2D eigenvalue weighted by Gasteiger charge is -2.19. The molecular formula is C14H19NO2. The summed E-state index contributed by atoms with van der Waals surface area (Å²) in [4.78, 5) is 0. The Labute approximate surface area is 102 Å². The van der Waals surface area contributed by atoms with Crippen molar-refractivity contribution in [2.24, 2.45) is 5.16 Å². The molecule has 0 radical (unpaired) electrons. The Bertz CT molecular complexity index is 426. The van der Waals surface area contributed by atoms with E-state index in [1.165, 1.54) is 5.56 Å². The van der Waals surface area contributed by atoms with Crippen LogP contribution in [0.15, 0.2) is 23.4 Å². The molecule has 0 saturated carbocycles. The second kappa shape index (κ2) is 5.21. The Morgan fingerprint density at radius 3 is 2.94 bits per heavy atom. The maximum absolute atomic E-state index is 9.00. The van der Waals surface area contributed by atoms with E-state index in [0.717, 1.165) is 42.7 Å². The highest BCUT2D eigenvalue weighted by atomic mass is 16.5. The molecule has 1 atom stereocenters. The van der Waals surface area contributed by atoms with Gasteiger partial charge in [0.25, 0.3) is 0 Å². The van der Waals surface area contributed by atoms with Crippen LogP contribution < -0.4 is 4.74 Å². The highest BCUT2D eigenvalue weighted by molar-refractivity contribution is 6.02. The predicted octanol–water partition coefficient (Wildman–Crippen LogP) is 3.38. The topological polar surface area (TPSA) is 41.8 Å². The van der Waals surface area contributed by atoms with Crippen molar-refractivity contribution in [2.45, 2.75) is 45.6 Å². The molecule has 3 nitrogen and oxygen atoms in total. The fraction of sp³-hybridized carbons (Fsp3) is 0.500. The summed E-state index contributed by atoms with van der Waals surface area (Å²) < 4.78 is 5.79. The molecule has 1 aliphatic rings. The summed E-state index contributed by atoms with van der Waals surface area (Å²) in [6, 6.07) is 6.08. The number of fused-ring (bicyclic) bond motifs is 1. The average Bonchev–Trinajstić information content (AvgIpc) is 2.37. The van der Waals surface area contributed by atoms with Crippen molar-refractivity contribution in [1.82, 2.24) is 0 Å². The van der Waals surface area contributed by atoms with E-state index in [-0.39, 0.29) is 6.10 Å². The molecule has 0 bridgehead atoms. The van der Waals surface area contributed by atoms with Gasteiger partial charge in [-0.1, -0.05) is 18.1 Å². The molecule has 1 aromatic carbocycles. The van der Waals surface area contributed by atoms with E-state index in [2.05, 4.69) is 25.1 Å². The molecule has 0 fully saturated rings. The minimum absolute atomic E-state index is 0.214. The molecule has 92 valence electrons. The Kier molecular flexibility index (Phi) is 3.67. The van der Waals surface area contributed by atoms with Crippen molar-refractivity contribution < 1.29 is 9.94 Å². The van der Waals surface area contributed by atoms with Crippen molar-refractivity contribution >= 4 is 5.71 Å². The van der Waals surface area contributed by atoms with Crippen LogP contribution in [0.1, 0.15) is 44.2 Å². The number of benzene rings is 1. The zero-order valence-corrected chi connectivity index (χ0v) is 10.4. The number of hydrogen-bond acceptors (Lipinski definition) is 3. The second-order valence-electron chi connectivity index (χ2n) is 4.56. The number of hydrogen-bond donors (Lipinski definition) is 1. The highest BCUT2D eigenvalue weighted by Crippen LogP contribution is 2.26. The van der Waals surface area contributed by atoms with E-state index < -0.39 is 0 Å². The summed E-state index contributed by atoms with van der Waals surface area (Å²) in [5, 5.41) is 12.4. The summed E-state index contributed by atoms with van der Waals surface area (Å²) >= 11 is 0. The molecule has 0 aromatic heterocycles. The first-order chi connectivity index (χ1) is 8.24. The summed E-state index contributed by atoms with van der Waals surface area (Å²) in [5.74, 6) is 0.862. The fourth-order valence-corrected chi connectivity index (χ4v) is 2.12. The van der Waals surface area contributed by atoms with Gasteiger partial charge in [0.15, 0.2) is 0 Å². The predicted molar refractivity (Wildman–Crippen MR) is 68.1 cm³/mol. The van der Waals surface area contributed by atoms with E-state index >= 15 is 0 Å². The third kappa shape index (κ3) is 2.60. The van der Waals surface area contributed by atoms with Gasteiger partial charge in [-0.2, -0.15) is 0 Å². The van der Waals surface area contributed by atoms with Crippen LogP contribution in [0.5, 0.6) is 5.75 Å². The van der Waals surface area contributed by atoms with Crippen LogP contribution in [0.25, 0.3) is 0 Å². The van der Waals surface area contributed by atoms with Gasteiger partial charge in [-0.05, 0) is 50.3 Å². The first-order valence-electron chi connectivity index (χ1n) is 6.25. The zero-order valence-electron chi connectivity index (χ0n) is 10.4. The SMILES string of the molecule is CCC(C)Oc1ccc2c(c1)/C(=N\O)CCC2. The van der Waals surface area contributed by atoms with Gasteiger partial charge in [0.1, 0.15) is 5.75 Å². The standard InChI is InChI=1S/C14H19NO2/c1-3-10(2)17-12-8-7-11-5-4-6-14(15-16)13(11)9-12/h7-10,16H,3-6H2,1-2H3/b15-14-. The Hall–Kier alpha value is -1.51. The van der Waals surface area contributed by atoms with Crippen molar-refractivity contribution in [3.8, 4) is 5.75 Å². The molecule has 1 unspecified atom stereocenters. The van der Waals surface area contributed by atoms with Crippen molar-refractivity contribution in [3.63, 3.8) is 0 Å². The lowest BCUT2D eigenvalue weighted by molar-refractivity contribution is 0.217. The van der Waals surface area contributed by atoms with E-state index in [1.54, 1.807) is 0 Å². The van der Waals surface area contributed by atoms with Gasteiger partial charge in [-0.25, -0.2) is 0 Å². The molecule has 0 aliphatic heterocycles. The second-order valence-corrected chi connectivity index (χ2v) is 4.56. The van der Waals surface area contributed by atoms with Gasteiger partial charge >= 0.3 is 0 Å². The fourth-order valence-electron chi connectivity index (χ4n) is 2.12. The van der Waals surface area contributed by atoms with Gasteiger partial charge in [-0.3, -0.25) is 0 Å². The molecule has 3 heteroatoms.